The molecule has 0 aliphatic carbocycles. The molecule has 5 aromatic rings. The highest BCUT2D eigenvalue weighted by atomic mass is 35.5. The minimum atomic E-state index is 0.441. The van der Waals surface area contributed by atoms with Gasteiger partial charge < -0.3 is 8.83 Å². The average Bonchev–Trinajstić information content (AvgIpc) is 3.56. The van der Waals surface area contributed by atoms with Crippen LogP contribution in [0.5, 0.6) is 0 Å². The number of nitrogens with zero attached hydrogens (tertiary/aromatic N) is 5. The van der Waals surface area contributed by atoms with Crippen molar-refractivity contribution in [1.29, 1.82) is 0 Å². The van der Waals surface area contributed by atoms with E-state index >= 15 is 0 Å². The Kier molecular flexibility index (Phi) is 5.98. The van der Waals surface area contributed by atoms with Crippen LogP contribution >= 0.6 is 35.0 Å². The zero-order valence-corrected chi connectivity index (χ0v) is 18.8. The van der Waals surface area contributed by atoms with E-state index in [1.54, 1.807) is 18.4 Å². The van der Waals surface area contributed by atoms with E-state index < -0.39 is 0 Å². The molecule has 0 aliphatic heterocycles. The van der Waals surface area contributed by atoms with Crippen molar-refractivity contribution in [2.24, 2.45) is 0 Å². The van der Waals surface area contributed by atoms with Gasteiger partial charge in [0.05, 0.1) is 18.6 Å². The average molecular weight is 484 g/mol. The molecule has 0 radical (unpaired) electrons. The summed E-state index contributed by atoms with van der Waals surface area (Å²) in [5, 5.41) is 19.1. The molecule has 32 heavy (non-hydrogen) atoms. The second kappa shape index (κ2) is 9.20. The third-order valence-corrected chi connectivity index (χ3v) is 6.05. The molecule has 0 amide bonds. The van der Waals surface area contributed by atoms with Crippen LogP contribution in [-0.4, -0.2) is 25.0 Å². The molecule has 7 nitrogen and oxygen atoms in total. The van der Waals surface area contributed by atoms with E-state index in [1.165, 1.54) is 11.8 Å². The predicted octanol–water partition coefficient (Wildman–Crippen LogP) is 6.24. The fraction of sp³-hybridized carbons (Fsp3) is 0.0909. The van der Waals surface area contributed by atoms with E-state index in [2.05, 4.69) is 20.4 Å². The summed E-state index contributed by atoms with van der Waals surface area (Å²) in [7, 11) is 0. The van der Waals surface area contributed by atoms with E-state index in [0.29, 0.717) is 45.1 Å². The lowest BCUT2D eigenvalue weighted by Gasteiger charge is -2.08. The first-order chi connectivity index (χ1) is 15.7. The number of rotatable bonds is 7. The lowest BCUT2D eigenvalue weighted by Crippen LogP contribution is -2.03. The summed E-state index contributed by atoms with van der Waals surface area (Å²) < 4.78 is 13.3. The SMILES string of the molecule is Clc1ccc(-c2nnc(CSc3nnc(-c4ccc(Cl)cc4)n3Cc3ccco3)o2)cc1. The van der Waals surface area contributed by atoms with Crippen LogP contribution in [-0.2, 0) is 12.3 Å². The first-order valence-electron chi connectivity index (χ1n) is 9.58. The Morgan fingerprint density at radius 2 is 1.53 bits per heavy atom. The molecular weight excluding hydrogens is 469 g/mol. The summed E-state index contributed by atoms with van der Waals surface area (Å²) in [6.07, 6.45) is 1.64. The molecule has 3 aromatic heterocycles. The van der Waals surface area contributed by atoms with E-state index in [1.807, 2.05) is 53.1 Å². The van der Waals surface area contributed by atoms with Gasteiger partial charge in [0.1, 0.15) is 5.76 Å². The number of halogens is 2. The van der Waals surface area contributed by atoms with Crippen LogP contribution in [0.15, 0.2) is 80.9 Å². The third-order valence-electron chi connectivity index (χ3n) is 4.60. The largest absolute Gasteiger partial charge is 0.467 e. The lowest BCUT2D eigenvalue weighted by molar-refractivity contribution is 0.485. The third kappa shape index (κ3) is 4.57. The first kappa shape index (κ1) is 20.8. The molecule has 5 rings (SSSR count). The van der Waals surface area contributed by atoms with E-state index in [-0.39, 0.29) is 0 Å². The number of hydrogen-bond acceptors (Lipinski definition) is 7. The van der Waals surface area contributed by atoms with Crippen molar-refractivity contribution in [2.75, 3.05) is 0 Å². The Hall–Kier alpha value is -3.07. The molecule has 160 valence electrons. The monoisotopic (exact) mass is 483 g/mol. The zero-order chi connectivity index (χ0) is 21.9. The first-order valence-corrected chi connectivity index (χ1v) is 11.3. The van der Waals surface area contributed by atoms with Crippen LogP contribution in [0.2, 0.25) is 10.0 Å². The van der Waals surface area contributed by atoms with Gasteiger partial charge in [0.2, 0.25) is 11.8 Å². The molecular formula is C22H15Cl2N5O2S. The van der Waals surface area contributed by atoms with Crippen LogP contribution in [0, 0.1) is 0 Å². The maximum Gasteiger partial charge on any atom is 0.247 e. The Labute approximate surface area is 197 Å². The molecule has 0 saturated carbocycles. The standard InChI is InChI=1S/C22H15Cl2N5O2S/c23-16-7-3-14(4-8-16)20-26-28-22(29(20)12-18-2-1-11-30-18)32-13-19-25-27-21(31-19)15-5-9-17(24)10-6-15/h1-11H,12-13H2. The Morgan fingerprint density at radius 1 is 0.812 bits per heavy atom. The van der Waals surface area contributed by atoms with Crippen LogP contribution in [0.4, 0.5) is 0 Å². The summed E-state index contributed by atoms with van der Waals surface area (Å²) in [5.74, 6) is 2.88. The number of benzene rings is 2. The summed E-state index contributed by atoms with van der Waals surface area (Å²) in [5.41, 5.74) is 1.72. The van der Waals surface area contributed by atoms with Crippen molar-refractivity contribution in [3.05, 3.63) is 88.6 Å². The highest BCUT2D eigenvalue weighted by Gasteiger charge is 2.17. The number of thioether (sulfide) groups is 1. The Bertz CT molecular complexity index is 1320. The quantitative estimate of drug-likeness (QED) is 0.253. The Morgan fingerprint density at radius 3 is 2.22 bits per heavy atom. The summed E-state index contributed by atoms with van der Waals surface area (Å²) in [4.78, 5) is 0. The van der Waals surface area contributed by atoms with Crippen molar-refractivity contribution in [2.45, 2.75) is 17.5 Å². The summed E-state index contributed by atoms with van der Waals surface area (Å²) in [6.45, 7) is 0.486. The molecule has 0 N–H and O–H groups in total. The van der Waals surface area contributed by atoms with Crippen molar-refractivity contribution < 1.29 is 8.83 Å². The smallest absolute Gasteiger partial charge is 0.247 e. The van der Waals surface area contributed by atoms with E-state index in [9.17, 15) is 0 Å². The lowest BCUT2D eigenvalue weighted by atomic mass is 10.2. The molecule has 0 saturated heterocycles. The van der Waals surface area contributed by atoms with Crippen molar-refractivity contribution in [1.82, 2.24) is 25.0 Å². The maximum absolute atomic E-state index is 6.04. The van der Waals surface area contributed by atoms with Gasteiger partial charge in [-0.1, -0.05) is 35.0 Å². The number of aromatic nitrogens is 5. The molecule has 0 unspecified atom stereocenters. The fourth-order valence-corrected chi connectivity index (χ4v) is 4.08. The van der Waals surface area contributed by atoms with Crippen LogP contribution in [0.3, 0.4) is 0 Å². The van der Waals surface area contributed by atoms with E-state index in [0.717, 1.165) is 16.9 Å². The normalized spacial score (nSPS) is 11.2. The van der Waals surface area contributed by atoms with Gasteiger partial charge in [0.15, 0.2) is 11.0 Å². The molecule has 0 bridgehead atoms. The van der Waals surface area contributed by atoms with Gasteiger partial charge in [-0.3, -0.25) is 4.57 Å². The molecule has 3 heterocycles. The van der Waals surface area contributed by atoms with Crippen LogP contribution in [0.1, 0.15) is 11.7 Å². The van der Waals surface area contributed by atoms with Gasteiger partial charge >= 0.3 is 0 Å². The number of furan rings is 1. The molecule has 2 aromatic carbocycles. The van der Waals surface area contributed by atoms with Crippen molar-refractivity contribution >= 4 is 35.0 Å². The van der Waals surface area contributed by atoms with Crippen LogP contribution < -0.4 is 0 Å². The summed E-state index contributed by atoms with van der Waals surface area (Å²) in [6, 6.07) is 18.5. The van der Waals surface area contributed by atoms with Crippen LogP contribution in [0.25, 0.3) is 22.8 Å². The highest BCUT2D eigenvalue weighted by molar-refractivity contribution is 7.98. The molecule has 10 heteroatoms. The highest BCUT2D eigenvalue weighted by Crippen LogP contribution is 2.29. The topological polar surface area (TPSA) is 82.8 Å². The van der Waals surface area contributed by atoms with E-state index in [4.69, 9.17) is 32.0 Å². The zero-order valence-electron chi connectivity index (χ0n) is 16.5. The van der Waals surface area contributed by atoms with Crippen molar-refractivity contribution in [3.63, 3.8) is 0 Å². The Balaban J connectivity index is 1.38. The van der Waals surface area contributed by atoms with Gasteiger partial charge in [-0.2, -0.15) is 0 Å². The fourth-order valence-electron chi connectivity index (χ4n) is 3.06. The van der Waals surface area contributed by atoms with Crippen molar-refractivity contribution in [3.8, 4) is 22.8 Å². The molecule has 0 fully saturated rings. The minimum absolute atomic E-state index is 0.441. The molecule has 0 spiro atoms. The maximum atomic E-state index is 6.04. The van der Waals surface area contributed by atoms with Gasteiger partial charge in [0, 0.05) is 21.2 Å². The second-order valence-electron chi connectivity index (χ2n) is 6.78. The predicted molar refractivity (Wildman–Crippen MR) is 123 cm³/mol. The number of hydrogen-bond donors (Lipinski definition) is 0. The van der Waals surface area contributed by atoms with Gasteiger partial charge in [-0.25, -0.2) is 0 Å². The summed E-state index contributed by atoms with van der Waals surface area (Å²) >= 11 is 13.4. The van der Waals surface area contributed by atoms with Gasteiger partial charge in [-0.05, 0) is 60.7 Å². The minimum Gasteiger partial charge on any atom is -0.467 e. The van der Waals surface area contributed by atoms with Gasteiger partial charge in [-0.15, -0.1) is 20.4 Å². The molecule has 0 atom stereocenters. The van der Waals surface area contributed by atoms with Gasteiger partial charge in [0.25, 0.3) is 0 Å². The second-order valence-corrected chi connectivity index (χ2v) is 8.59. The molecule has 0 aliphatic rings.